The van der Waals surface area contributed by atoms with Gasteiger partial charge in [0.1, 0.15) is 25.1 Å². The van der Waals surface area contributed by atoms with Gasteiger partial charge in [0.2, 0.25) is 0 Å². The van der Waals surface area contributed by atoms with Gasteiger partial charge in [-0.1, -0.05) is 30.3 Å². The molecule has 5 nitrogen and oxygen atoms in total. The number of ether oxygens (including phenoxy) is 2. The molecule has 3 aromatic carbocycles. The van der Waals surface area contributed by atoms with Crippen LogP contribution in [0.25, 0.3) is 0 Å². The summed E-state index contributed by atoms with van der Waals surface area (Å²) >= 11 is 0. The number of halogens is 1. The van der Waals surface area contributed by atoms with Crippen molar-refractivity contribution in [1.82, 2.24) is 0 Å². The molecule has 0 aliphatic carbocycles. The number of amides is 1. The average Bonchev–Trinajstić information content (AvgIpc) is 2.74. The third-order valence-electron chi connectivity index (χ3n) is 4.36. The van der Waals surface area contributed by atoms with Crippen LogP contribution in [0.2, 0.25) is 0 Å². The molecule has 1 heterocycles. The monoisotopic (exact) mass is 378 g/mol. The molecule has 2 N–H and O–H groups in total. The maximum Gasteiger partial charge on any atom is 0.251 e. The van der Waals surface area contributed by atoms with Crippen molar-refractivity contribution in [2.24, 2.45) is 0 Å². The lowest BCUT2D eigenvalue weighted by atomic mass is 10.1. The first kappa shape index (κ1) is 17.9. The van der Waals surface area contributed by atoms with Crippen LogP contribution in [0.5, 0.6) is 11.5 Å². The molecule has 0 radical (unpaired) electrons. The maximum absolute atomic E-state index is 13.1. The van der Waals surface area contributed by atoms with Crippen molar-refractivity contribution in [1.29, 1.82) is 0 Å². The molecular weight excluding hydrogens is 359 g/mol. The number of nitrogens with one attached hydrogen (secondary N) is 2. The zero-order valence-corrected chi connectivity index (χ0v) is 15.0. The van der Waals surface area contributed by atoms with Crippen LogP contribution in [0.1, 0.15) is 11.6 Å². The molecule has 0 unspecified atom stereocenters. The van der Waals surface area contributed by atoms with E-state index in [1.165, 1.54) is 24.3 Å². The summed E-state index contributed by atoms with van der Waals surface area (Å²) in [6.07, 6.45) is 0. The second-order valence-electron chi connectivity index (χ2n) is 6.34. The first-order valence-corrected chi connectivity index (χ1v) is 8.96. The fraction of sp³-hybridized carbons (Fsp3) is 0.136. The third kappa shape index (κ3) is 4.06. The molecule has 0 bridgehead atoms. The van der Waals surface area contributed by atoms with Crippen LogP contribution >= 0.6 is 0 Å². The Bertz CT molecular complexity index is 961. The summed E-state index contributed by atoms with van der Waals surface area (Å²) in [6, 6.07) is 19.9. The number of anilines is 2. The van der Waals surface area contributed by atoms with Crippen molar-refractivity contribution in [2.75, 3.05) is 23.8 Å². The molecule has 28 heavy (non-hydrogen) atoms. The van der Waals surface area contributed by atoms with E-state index in [9.17, 15) is 9.18 Å². The standard InChI is InChI=1S/C22H19FN2O3/c23-16-6-8-17(9-7-16)25-22(26)21(15-4-2-1-3-5-15)24-18-10-11-19-20(14-18)28-13-12-27-19/h1-11,14,21,24H,12-13H2,(H,25,26)/t21-/m1/s1. The van der Waals surface area contributed by atoms with Crippen LogP contribution in [-0.2, 0) is 4.79 Å². The van der Waals surface area contributed by atoms with E-state index in [1.807, 2.05) is 48.5 Å². The van der Waals surface area contributed by atoms with Crippen molar-refractivity contribution in [3.63, 3.8) is 0 Å². The third-order valence-corrected chi connectivity index (χ3v) is 4.36. The van der Waals surface area contributed by atoms with Gasteiger partial charge in [-0.2, -0.15) is 0 Å². The molecule has 1 aliphatic heterocycles. The highest BCUT2D eigenvalue weighted by molar-refractivity contribution is 5.97. The Morgan fingerprint density at radius 2 is 1.54 bits per heavy atom. The van der Waals surface area contributed by atoms with Crippen molar-refractivity contribution in [3.8, 4) is 11.5 Å². The van der Waals surface area contributed by atoms with Gasteiger partial charge in [0.15, 0.2) is 11.5 Å². The molecule has 1 aliphatic rings. The Labute approximate surface area is 162 Å². The second-order valence-corrected chi connectivity index (χ2v) is 6.34. The first-order chi connectivity index (χ1) is 13.7. The largest absolute Gasteiger partial charge is 0.486 e. The summed E-state index contributed by atoms with van der Waals surface area (Å²) in [6.45, 7) is 1.01. The van der Waals surface area contributed by atoms with Gasteiger partial charge in [-0.3, -0.25) is 4.79 Å². The Hall–Kier alpha value is -3.54. The number of rotatable bonds is 5. The minimum atomic E-state index is -0.645. The fourth-order valence-corrected chi connectivity index (χ4v) is 2.99. The van der Waals surface area contributed by atoms with Gasteiger partial charge in [0, 0.05) is 17.4 Å². The Morgan fingerprint density at radius 1 is 0.857 bits per heavy atom. The number of fused-ring (bicyclic) bond motifs is 1. The molecule has 4 rings (SSSR count). The molecule has 142 valence electrons. The number of hydrogen-bond acceptors (Lipinski definition) is 4. The van der Waals surface area contributed by atoms with E-state index in [0.29, 0.717) is 30.4 Å². The van der Waals surface area contributed by atoms with Gasteiger partial charge in [-0.25, -0.2) is 4.39 Å². The van der Waals surface area contributed by atoms with Crippen LogP contribution in [0.15, 0.2) is 72.8 Å². The summed E-state index contributed by atoms with van der Waals surface area (Å²) in [5.74, 6) is 0.713. The molecule has 1 amide bonds. The van der Waals surface area contributed by atoms with Crippen molar-refractivity contribution >= 4 is 17.3 Å². The summed E-state index contributed by atoms with van der Waals surface area (Å²) in [5, 5.41) is 6.08. The molecule has 0 spiro atoms. The number of hydrogen-bond donors (Lipinski definition) is 2. The predicted octanol–water partition coefficient (Wildman–Crippen LogP) is 4.39. The minimum Gasteiger partial charge on any atom is -0.486 e. The Balaban J connectivity index is 1.58. The zero-order chi connectivity index (χ0) is 19.3. The molecule has 3 aromatic rings. The molecule has 1 atom stereocenters. The van der Waals surface area contributed by atoms with Crippen LogP contribution in [0, 0.1) is 5.82 Å². The van der Waals surface area contributed by atoms with E-state index >= 15 is 0 Å². The number of carbonyl (C=O) groups is 1. The highest BCUT2D eigenvalue weighted by atomic mass is 19.1. The van der Waals surface area contributed by atoms with Crippen molar-refractivity contribution in [2.45, 2.75) is 6.04 Å². The quantitative estimate of drug-likeness (QED) is 0.691. The molecule has 0 aromatic heterocycles. The SMILES string of the molecule is O=C(Nc1ccc(F)cc1)[C@H](Nc1ccc2c(c1)OCCO2)c1ccccc1. The van der Waals surface area contributed by atoms with Gasteiger partial charge in [-0.05, 0) is 42.0 Å². The Kier molecular flexibility index (Phi) is 5.10. The smallest absolute Gasteiger partial charge is 0.251 e. The summed E-state index contributed by atoms with van der Waals surface area (Å²) in [7, 11) is 0. The van der Waals surface area contributed by atoms with E-state index in [-0.39, 0.29) is 11.7 Å². The minimum absolute atomic E-state index is 0.257. The molecule has 0 saturated heterocycles. The van der Waals surface area contributed by atoms with Gasteiger partial charge >= 0.3 is 0 Å². The average molecular weight is 378 g/mol. The van der Waals surface area contributed by atoms with Gasteiger partial charge in [0.25, 0.3) is 5.91 Å². The lowest BCUT2D eigenvalue weighted by Crippen LogP contribution is -2.27. The highest BCUT2D eigenvalue weighted by Gasteiger charge is 2.22. The van der Waals surface area contributed by atoms with E-state index in [2.05, 4.69) is 10.6 Å². The second kappa shape index (κ2) is 8.00. The Morgan fingerprint density at radius 3 is 2.29 bits per heavy atom. The predicted molar refractivity (Wildman–Crippen MR) is 105 cm³/mol. The van der Waals surface area contributed by atoms with Crippen LogP contribution in [0.3, 0.4) is 0 Å². The molecular formula is C22H19FN2O3. The van der Waals surface area contributed by atoms with Crippen molar-refractivity contribution < 1.29 is 18.7 Å². The van der Waals surface area contributed by atoms with Crippen LogP contribution < -0.4 is 20.1 Å². The van der Waals surface area contributed by atoms with Gasteiger partial charge in [-0.15, -0.1) is 0 Å². The highest BCUT2D eigenvalue weighted by Crippen LogP contribution is 2.34. The summed E-state index contributed by atoms with van der Waals surface area (Å²) in [5.41, 5.74) is 2.06. The first-order valence-electron chi connectivity index (χ1n) is 8.96. The summed E-state index contributed by atoms with van der Waals surface area (Å²) < 4.78 is 24.3. The molecule has 6 heteroatoms. The zero-order valence-electron chi connectivity index (χ0n) is 15.0. The summed E-state index contributed by atoms with van der Waals surface area (Å²) in [4.78, 5) is 13.0. The maximum atomic E-state index is 13.1. The molecule has 0 fully saturated rings. The molecule has 0 saturated carbocycles. The van der Waals surface area contributed by atoms with E-state index in [4.69, 9.17) is 9.47 Å². The van der Waals surface area contributed by atoms with E-state index in [0.717, 1.165) is 11.3 Å². The van der Waals surface area contributed by atoms with Crippen LogP contribution in [-0.4, -0.2) is 19.1 Å². The number of benzene rings is 3. The fourth-order valence-electron chi connectivity index (χ4n) is 2.99. The number of carbonyl (C=O) groups excluding carboxylic acids is 1. The van der Waals surface area contributed by atoms with Crippen LogP contribution in [0.4, 0.5) is 15.8 Å². The normalized spacial score (nSPS) is 13.5. The lowest BCUT2D eigenvalue weighted by Gasteiger charge is -2.22. The van der Waals surface area contributed by atoms with Gasteiger partial charge in [0.05, 0.1) is 0 Å². The van der Waals surface area contributed by atoms with E-state index in [1.54, 1.807) is 0 Å². The van der Waals surface area contributed by atoms with Crippen molar-refractivity contribution in [3.05, 3.63) is 84.2 Å². The topological polar surface area (TPSA) is 59.6 Å². The van der Waals surface area contributed by atoms with E-state index < -0.39 is 6.04 Å². The van der Waals surface area contributed by atoms with Gasteiger partial charge < -0.3 is 20.1 Å². The lowest BCUT2D eigenvalue weighted by molar-refractivity contribution is -0.117.